The Kier molecular flexibility index (Phi) is 7.30. The zero-order valence-corrected chi connectivity index (χ0v) is 19.4. The van der Waals surface area contributed by atoms with E-state index in [-0.39, 0.29) is 34.9 Å². The van der Waals surface area contributed by atoms with Crippen LogP contribution in [0.3, 0.4) is 0 Å². The zero-order valence-electron chi connectivity index (χ0n) is 18.6. The van der Waals surface area contributed by atoms with E-state index in [1.165, 1.54) is 6.07 Å². The smallest absolute Gasteiger partial charge is 0.238 e. The molecule has 0 fully saturated rings. The van der Waals surface area contributed by atoms with Gasteiger partial charge >= 0.3 is 0 Å². The Morgan fingerprint density at radius 3 is 2.27 bits per heavy atom. The van der Waals surface area contributed by atoms with Gasteiger partial charge in [-0.1, -0.05) is 62.4 Å². The van der Waals surface area contributed by atoms with Gasteiger partial charge in [-0.25, -0.2) is 13.6 Å². The topological polar surface area (TPSA) is 139 Å². The summed E-state index contributed by atoms with van der Waals surface area (Å²) in [6, 6.07) is 20.9. The highest BCUT2D eigenvalue weighted by molar-refractivity contribution is 7.89. The monoisotopic (exact) mass is 464 g/mol. The second-order valence-electron chi connectivity index (χ2n) is 8.26. The number of nitrogens with one attached hydrogen (secondary N) is 2. The lowest BCUT2D eigenvalue weighted by Gasteiger charge is -2.21. The van der Waals surface area contributed by atoms with E-state index in [1.54, 1.807) is 48.5 Å². The standard InChI is InChI=1S/C25H28N4O3S/c1-16(2)22(18-6-5-7-19(14-18)25(26)27)15-24(30)29-20-12-10-17(11-13-20)21-8-3-4-9-23(21)33(28,31)32/h3-14,16,22H,15H2,1-2H3,(H3,26,27)(H,29,30)(H2,28,31,32). The maximum atomic E-state index is 12.8. The first-order chi connectivity index (χ1) is 15.6. The van der Waals surface area contributed by atoms with Gasteiger partial charge in [0.25, 0.3) is 0 Å². The maximum Gasteiger partial charge on any atom is 0.238 e. The summed E-state index contributed by atoms with van der Waals surface area (Å²) in [6.07, 6.45) is 0.273. The van der Waals surface area contributed by atoms with Crippen LogP contribution in [0.5, 0.6) is 0 Å². The van der Waals surface area contributed by atoms with Crippen LogP contribution in [0.4, 0.5) is 5.69 Å². The Morgan fingerprint density at radius 2 is 1.67 bits per heavy atom. The fourth-order valence-corrected chi connectivity index (χ4v) is 4.53. The van der Waals surface area contributed by atoms with E-state index in [2.05, 4.69) is 19.2 Å². The second-order valence-corrected chi connectivity index (χ2v) is 9.79. The van der Waals surface area contributed by atoms with Crippen LogP contribution in [0.2, 0.25) is 0 Å². The molecule has 0 radical (unpaired) electrons. The average molecular weight is 465 g/mol. The molecular formula is C25H28N4O3S. The molecule has 0 saturated carbocycles. The molecule has 33 heavy (non-hydrogen) atoms. The van der Waals surface area contributed by atoms with Crippen molar-refractivity contribution in [3.05, 3.63) is 83.9 Å². The van der Waals surface area contributed by atoms with Crippen LogP contribution in [0.15, 0.2) is 77.7 Å². The summed E-state index contributed by atoms with van der Waals surface area (Å²) in [6.45, 7) is 4.10. The number of anilines is 1. The molecule has 0 aliphatic heterocycles. The molecule has 0 aliphatic carbocycles. The highest BCUT2D eigenvalue weighted by Crippen LogP contribution is 2.30. The van der Waals surface area contributed by atoms with E-state index in [0.717, 1.165) is 5.56 Å². The maximum absolute atomic E-state index is 12.8. The Hall–Kier alpha value is -3.49. The van der Waals surface area contributed by atoms with Gasteiger partial charge in [-0.3, -0.25) is 10.2 Å². The van der Waals surface area contributed by atoms with Crippen molar-refractivity contribution in [3.8, 4) is 11.1 Å². The molecule has 3 aromatic rings. The summed E-state index contributed by atoms with van der Waals surface area (Å²) in [5.74, 6) is 0.0211. The molecule has 172 valence electrons. The quantitative estimate of drug-likeness (QED) is 0.295. The van der Waals surface area contributed by atoms with Crippen LogP contribution in [0, 0.1) is 11.3 Å². The molecule has 1 unspecified atom stereocenters. The van der Waals surface area contributed by atoms with Crippen molar-refractivity contribution in [1.29, 1.82) is 5.41 Å². The van der Waals surface area contributed by atoms with E-state index >= 15 is 0 Å². The first kappa shape index (κ1) is 24.2. The lowest BCUT2D eigenvalue weighted by Crippen LogP contribution is -2.19. The summed E-state index contributed by atoms with van der Waals surface area (Å²) >= 11 is 0. The SMILES string of the molecule is CC(C)C(CC(=O)Nc1ccc(-c2ccccc2S(N)(=O)=O)cc1)c1cccc(C(=N)N)c1. The molecular weight excluding hydrogens is 436 g/mol. The van der Waals surface area contributed by atoms with Gasteiger partial charge in [-0.05, 0) is 47.2 Å². The summed E-state index contributed by atoms with van der Waals surface area (Å²) < 4.78 is 23.7. The molecule has 6 N–H and O–H groups in total. The minimum atomic E-state index is -3.86. The van der Waals surface area contributed by atoms with Crippen molar-refractivity contribution in [2.75, 3.05) is 5.32 Å². The Labute approximate surface area is 194 Å². The molecule has 0 spiro atoms. The molecule has 0 saturated heterocycles. The van der Waals surface area contributed by atoms with Gasteiger partial charge in [-0.2, -0.15) is 0 Å². The number of hydrogen-bond acceptors (Lipinski definition) is 4. The third-order valence-corrected chi connectivity index (χ3v) is 6.48. The molecule has 1 atom stereocenters. The Balaban J connectivity index is 1.76. The summed E-state index contributed by atoms with van der Waals surface area (Å²) in [5, 5.41) is 15.9. The molecule has 3 aromatic carbocycles. The van der Waals surface area contributed by atoms with Gasteiger partial charge in [0.05, 0.1) is 4.90 Å². The number of benzene rings is 3. The number of amides is 1. The third kappa shape index (κ3) is 6.06. The molecule has 0 aromatic heterocycles. The minimum Gasteiger partial charge on any atom is -0.384 e. The van der Waals surface area contributed by atoms with Gasteiger partial charge in [0.15, 0.2) is 0 Å². The van der Waals surface area contributed by atoms with Crippen molar-refractivity contribution in [2.24, 2.45) is 16.8 Å². The highest BCUT2D eigenvalue weighted by atomic mass is 32.2. The second kappa shape index (κ2) is 9.97. The number of nitrogens with two attached hydrogens (primary N) is 2. The minimum absolute atomic E-state index is 0.00657. The number of amidine groups is 1. The predicted octanol–water partition coefficient (Wildman–Crippen LogP) is 4.05. The summed E-state index contributed by atoms with van der Waals surface area (Å²) in [7, 11) is -3.86. The lowest BCUT2D eigenvalue weighted by atomic mass is 9.84. The number of carbonyl (C=O) groups is 1. The normalized spacial score (nSPS) is 12.4. The number of sulfonamides is 1. The van der Waals surface area contributed by atoms with Crippen molar-refractivity contribution < 1.29 is 13.2 Å². The van der Waals surface area contributed by atoms with E-state index < -0.39 is 10.0 Å². The molecule has 0 aliphatic rings. The van der Waals surface area contributed by atoms with Gasteiger partial charge in [0, 0.05) is 23.2 Å². The lowest BCUT2D eigenvalue weighted by molar-refractivity contribution is -0.116. The van der Waals surface area contributed by atoms with Crippen molar-refractivity contribution in [1.82, 2.24) is 0 Å². The van der Waals surface area contributed by atoms with Crippen molar-refractivity contribution in [3.63, 3.8) is 0 Å². The fourth-order valence-electron chi connectivity index (χ4n) is 3.77. The van der Waals surface area contributed by atoms with Crippen LogP contribution in [0.1, 0.15) is 37.3 Å². The summed E-state index contributed by atoms with van der Waals surface area (Å²) in [4.78, 5) is 12.8. The van der Waals surface area contributed by atoms with Gasteiger partial charge in [-0.15, -0.1) is 0 Å². The van der Waals surface area contributed by atoms with Crippen LogP contribution >= 0.6 is 0 Å². The van der Waals surface area contributed by atoms with Gasteiger partial charge < -0.3 is 11.1 Å². The molecule has 0 bridgehead atoms. The number of nitrogen functional groups attached to an aromatic ring is 1. The van der Waals surface area contributed by atoms with E-state index in [1.807, 2.05) is 18.2 Å². The average Bonchev–Trinajstić information content (AvgIpc) is 2.77. The largest absolute Gasteiger partial charge is 0.384 e. The highest BCUT2D eigenvalue weighted by Gasteiger charge is 2.21. The number of hydrogen-bond donors (Lipinski definition) is 4. The third-order valence-electron chi connectivity index (χ3n) is 5.51. The van der Waals surface area contributed by atoms with Crippen LogP contribution in [-0.2, 0) is 14.8 Å². The fraction of sp³-hybridized carbons (Fsp3) is 0.200. The predicted molar refractivity (Wildman–Crippen MR) is 132 cm³/mol. The molecule has 0 heterocycles. The molecule has 8 heteroatoms. The van der Waals surface area contributed by atoms with E-state index in [9.17, 15) is 13.2 Å². The van der Waals surface area contributed by atoms with E-state index in [0.29, 0.717) is 22.4 Å². The van der Waals surface area contributed by atoms with E-state index in [4.69, 9.17) is 16.3 Å². The molecule has 3 rings (SSSR count). The first-order valence-corrected chi connectivity index (χ1v) is 12.1. The molecule has 7 nitrogen and oxygen atoms in total. The Bertz CT molecular complexity index is 1270. The van der Waals surface area contributed by atoms with Gasteiger partial charge in [0.1, 0.15) is 5.84 Å². The number of carbonyl (C=O) groups excluding carboxylic acids is 1. The zero-order chi connectivity index (χ0) is 24.2. The van der Waals surface area contributed by atoms with Gasteiger partial charge in [0.2, 0.25) is 15.9 Å². The van der Waals surface area contributed by atoms with Crippen molar-refractivity contribution in [2.45, 2.75) is 31.1 Å². The van der Waals surface area contributed by atoms with Crippen LogP contribution < -0.4 is 16.2 Å². The Morgan fingerprint density at radius 1 is 1.00 bits per heavy atom. The molecule has 1 amide bonds. The number of rotatable bonds is 8. The van der Waals surface area contributed by atoms with Crippen LogP contribution in [-0.4, -0.2) is 20.2 Å². The van der Waals surface area contributed by atoms with Crippen molar-refractivity contribution >= 4 is 27.5 Å². The number of primary sulfonamides is 1. The van der Waals surface area contributed by atoms with Crippen LogP contribution in [0.25, 0.3) is 11.1 Å². The first-order valence-electron chi connectivity index (χ1n) is 10.5. The summed E-state index contributed by atoms with van der Waals surface area (Å²) in [5.41, 5.74) is 9.00.